The fraction of sp³-hybridized carbons (Fsp3) is 0.824. The number of rotatable bonds is 2. The standard InChI is InChI=1S/C17H27NO2/c1-11-5-3-7-14(18-11)10-9-13-6-4-8-15-16(13)12(2)20-17(15)19/h9-16,18H,3-8H2,1-2H3/b10-9+/t11-,12-,13-,14+,15-,16+/m1/s1. The highest BCUT2D eigenvalue weighted by Gasteiger charge is 2.47. The fourth-order valence-electron chi connectivity index (χ4n) is 4.39. The quantitative estimate of drug-likeness (QED) is 0.623. The minimum Gasteiger partial charge on any atom is -0.462 e. The number of nitrogens with one attached hydrogen (secondary N) is 1. The number of hydrogen-bond donors (Lipinski definition) is 1. The predicted molar refractivity (Wildman–Crippen MR) is 79.3 cm³/mol. The largest absolute Gasteiger partial charge is 0.462 e. The first-order valence-electron chi connectivity index (χ1n) is 8.30. The highest BCUT2D eigenvalue weighted by molar-refractivity contribution is 5.75. The maximum Gasteiger partial charge on any atom is 0.309 e. The summed E-state index contributed by atoms with van der Waals surface area (Å²) in [6.07, 6.45) is 12.1. The molecular formula is C17H27NO2. The molecule has 0 aromatic carbocycles. The molecule has 1 saturated carbocycles. The lowest BCUT2D eigenvalue weighted by Gasteiger charge is -2.32. The third kappa shape index (κ3) is 2.78. The lowest BCUT2D eigenvalue weighted by atomic mass is 9.71. The van der Waals surface area contributed by atoms with Crippen molar-refractivity contribution >= 4 is 5.97 Å². The SMILES string of the molecule is C[C@@H]1CCC[C@@H](/C=C/[C@H]2CCC[C@H]3C(=O)O[C@H](C)[C@@H]23)N1. The van der Waals surface area contributed by atoms with Crippen LogP contribution in [0.25, 0.3) is 0 Å². The topological polar surface area (TPSA) is 38.3 Å². The second kappa shape index (κ2) is 5.88. The molecule has 0 aromatic rings. The van der Waals surface area contributed by atoms with E-state index in [0.717, 1.165) is 12.8 Å². The highest BCUT2D eigenvalue weighted by atomic mass is 16.6. The van der Waals surface area contributed by atoms with Crippen molar-refractivity contribution < 1.29 is 9.53 Å². The second-order valence-corrected chi connectivity index (χ2v) is 6.91. The van der Waals surface area contributed by atoms with E-state index in [2.05, 4.69) is 31.3 Å². The Labute approximate surface area is 122 Å². The molecule has 20 heavy (non-hydrogen) atoms. The van der Waals surface area contributed by atoms with Crippen molar-refractivity contribution in [2.45, 2.75) is 70.6 Å². The molecule has 0 spiro atoms. The van der Waals surface area contributed by atoms with Crippen molar-refractivity contribution in [3.8, 4) is 0 Å². The number of esters is 1. The minimum absolute atomic E-state index is 0.0463. The van der Waals surface area contributed by atoms with E-state index in [9.17, 15) is 4.79 Å². The summed E-state index contributed by atoms with van der Waals surface area (Å²) < 4.78 is 5.46. The third-order valence-corrected chi connectivity index (χ3v) is 5.40. The first-order valence-corrected chi connectivity index (χ1v) is 8.30. The van der Waals surface area contributed by atoms with E-state index in [1.807, 2.05) is 0 Å². The van der Waals surface area contributed by atoms with Gasteiger partial charge < -0.3 is 10.1 Å². The van der Waals surface area contributed by atoms with Gasteiger partial charge in [-0.2, -0.15) is 0 Å². The van der Waals surface area contributed by atoms with E-state index < -0.39 is 0 Å². The molecule has 3 heteroatoms. The average Bonchev–Trinajstić information content (AvgIpc) is 2.73. The molecule has 0 bridgehead atoms. The van der Waals surface area contributed by atoms with Crippen LogP contribution >= 0.6 is 0 Å². The smallest absolute Gasteiger partial charge is 0.309 e. The van der Waals surface area contributed by atoms with Crippen LogP contribution in [-0.2, 0) is 9.53 Å². The van der Waals surface area contributed by atoms with Gasteiger partial charge in [0.2, 0.25) is 0 Å². The molecule has 3 fully saturated rings. The molecule has 112 valence electrons. The van der Waals surface area contributed by atoms with Gasteiger partial charge in [-0.1, -0.05) is 25.0 Å². The molecule has 0 unspecified atom stereocenters. The molecule has 0 radical (unpaired) electrons. The number of ether oxygens (including phenoxy) is 1. The summed E-state index contributed by atoms with van der Waals surface area (Å²) in [6, 6.07) is 1.15. The second-order valence-electron chi connectivity index (χ2n) is 6.91. The van der Waals surface area contributed by atoms with Crippen LogP contribution in [0.15, 0.2) is 12.2 Å². The summed E-state index contributed by atoms with van der Waals surface area (Å²) in [6.45, 7) is 4.33. The summed E-state index contributed by atoms with van der Waals surface area (Å²) in [7, 11) is 0. The van der Waals surface area contributed by atoms with Gasteiger partial charge in [-0.25, -0.2) is 0 Å². The molecular weight excluding hydrogens is 250 g/mol. The Hall–Kier alpha value is -0.830. The van der Waals surface area contributed by atoms with E-state index in [4.69, 9.17) is 4.74 Å². The third-order valence-electron chi connectivity index (χ3n) is 5.40. The van der Waals surface area contributed by atoms with Crippen molar-refractivity contribution in [1.82, 2.24) is 5.32 Å². The van der Waals surface area contributed by atoms with Gasteiger partial charge >= 0.3 is 5.97 Å². The van der Waals surface area contributed by atoms with Crippen LogP contribution in [-0.4, -0.2) is 24.2 Å². The zero-order chi connectivity index (χ0) is 14.1. The summed E-state index contributed by atoms with van der Waals surface area (Å²) >= 11 is 0. The van der Waals surface area contributed by atoms with Gasteiger partial charge in [0.15, 0.2) is 0 Å². The van der Waals surface area contributed by atoms with Crippen LogP contribution in [0.4, 0.5) is 0 Å². The Balaban J connectivity index is 1.65. The normalized spacial score (nSPS) is 45.4. The van der Waals surface area contributed by atoms with E-state index >= 15 is 0 Å². The molecule has 1 aliphatic carbocycles. The number of fused-ring (bicyclic) bond motifs is 1. The Morgan fingerprint density at radius 2 is 1.90 bits per heavy atom. The van der Waals surface area contributed by atoms with Crippen LogP contribution in [0.1, 0.15) is 52.4 Å². The lowest BCUT2D eigenvalue weighted by Crippen LogP contribution is -2.39. The molecule has 3 aliphatic rings. The van der Waals surface area contributed by atoms with E-state index in [1.54, 1.807) is 0 Å². The minimum atomic E-state index is 0.0463. The molecule has 6 atom stereocenters. The number of cyclic esters (lactones) is 1. The highest BCUT2D eigenvalue weighted by Crippen LogP contribution is 2.43. The molecule has 2 saturated heterocycles. The van der Waals surface area contributed by atoms with Gasteiger partial charge in [-0.05, 0) is 45.4 Å². The number of hydrogen-bond acceptors (Lipinski definition) is 3. The zero-order valence-electron chi connectivity index (χ0n) is 12.7. The first-order chi connectivity index (χ1) is 9.65. The van der Waals surface area contributed by atoms with Crippen molar-refractivity contribution in [2.75, 3.05) is 0 Å². The summed E-state index contributed by atoms with van der Waals surface area (Å²) in [5.41, 5.74) is 0. The Morgan fingerprint density at radius 1 is 1.10 bits per heavy atom. The fourth-order valence-corrected chi connectivity index (χ4v) is 4.39. The van der Waals surface area contributed by atoms with Crippen LogP contribution in [0, 0.1) is 17.8 Å². The van der Waals surface area contributed by atoms with Crippen molar-refractivity contribution in [3.05, 3.63) is 12.2 Å². The molecule has 3 rings (SSSR count). The summed E-state index contributed by atoms with van der Waals surface area (Å²) in [4.78, 5) is 11.9. The van der Waals surface area contributed by atoms with Crippen molar-refractivity contribution in [2.24, 2.45) is 17.8 Å². The molecule has 2 heterocycles. The first kappa shape index (κ1) is 14.1. The predicted octanol–water partition coefficient (Wildman–Crippen LogP) is 3.05. The average molecular weight is 277 g/mol. The van der Waals surface area contributed by atoms with Gasteiger partial charge in [0.1, 0.15) is 6.10 Å². The van der Waals surface area contributed by atoms with Gasteiger partial charge in [0.05, 0.1) is 5.92 Å². The summed E-state index contributed by atoms with van der Waals surface area (Å²) in [5, 5.41) is 3.65. The van der Waals surface area contributed by atoms with Crippen LogP contribution < -0.4 is 5.32 Å². The van der Waals surface area contributed by atoms with Crippen LogP contribution in [0.2, 0.25) is 0 Å². The zero-order valence-corrected chi connectivity index (χ0v) is 12.7. The van der Waals surface area contributed by atoms with Crippen LogP contribution in [0.3, 0.4) is 0 Å². The molecule has 1 N–H and O–H groups in total. The Kier molecular flexibility index (Phi) is 4.16. The van der Waals surface area contributed by atoms with Gasteiger partial charge in [0.25, 0.3) is 0 Å². The summed E-state index contributed by atoms with van der Waals surface area (Å²) in [5.74, 6) is 1.14. The van der Waals surface area contributed by atoms with Gasteiger partial charge in [0, 0.05) is 18.0 Å². The monoisotopic (exact) mass is 277 g/mol. The Bertz CT molecular complexity index is 392. The number of carbonyl (C=O) groups excluding carboxylic acids is 1. The molecule has 0 amide bonds. The van der Waals surface area contributed by atoms with Gasteiger partial charge in [-0.3, -0.25) is 4.79 Å². The van der Waals surface area contributed by atoms with Gasteiger partial charge in [-0.15, -0.1) is 0 Å². The number of allylic oxidation sites excluding steroid dienone is 1. The Morgan fingerprint density at radius 3 is 2.70 bits per heavy atom. The van der Waals surface area contributed by atoms with E-state index in [-0.39, 0.29) is 18.0 Å². The molecule has 3 nitrogen and oxygen atoms in total. The number of piperidine rings is 1. The van der Waals surface area contributed by atoms with Crippen molar-refractivity contribution in [3.63, 3.8) is 0 Å². The van der Waals surface area contributed by atoms with Crippen LogP contribution in [0.5, 0.6) is 0 Å². The van der Waals surface area contributed by atoms with E-state index in [1.165, 1.54) is 25.7 Å². The molecule has 2 aliphatic heterocycles. The maximum absolute atomic E-state index is 11.9. The van der Waals surface area contributed by atoms with Crippen molar-refractivity contribution in [1.29, 1.82) is 0 Å². The molecule has 0 aromatic heterocycles. The lowest BCUT2D eigenvalue weighted by molar-refractivity contribution is -0.143. The maximum atomic E-state index is 11.9. The number of carbonyl (C=O) groups is 1. The van der Waals surface area contributed by atoms with E-state index in [0.29, 0.717) is 23.9 Å².